The van der Waals surface area contributed by atoms with Gasteiger partial charge < -0.3 is 14.8 Å². The Kier molecular flexibility index (Phi) is 5.75. The van der Waals surface area contributed by atoms with E-state index in [9.17, 15) is 9.59 Å². The van der Waals surface area contributed by atoms with Crippen LogP contribution in [0, 0.1) is 5.92 Å². The van der Waals surface area contributed by atoms with Crippen molar-refractivity contribution in [1.82, 2.24) is 25.4 Å². The lowest BCUT2D eigenvalue weighted by atomic mass is 10.1. The molecule has 2 aromatic heterocycles. The lowest BCUT2D eigenvalue weighted by Crippen LogP contribution is -2.27. The molecule has 0 saturated heterocycles. The predicted octanol–water partition coefficient (Wildman–Crippen LogP) is 1.87. The van der Waals surface area contributed by atoms with Crippen molar-refractivity contribution in [3.63, 3.8) is 0 Å². The molecule has 1 amide bonds. The number of aromatic nitrogens is 4. The largest absolute Gasteiger partial charge is 0.345 e. The number of carbonyl (C=O) groups excluding carboxylic acids is 1. The minimum absolute atomic E-state index is 0.0641. The Hall–Kier alpha value is -3.29. The molecule has 2 N–H and O–H groups in total. The van der Waals surface area contributed by atoms with Crippen molar-refractivity contribution in [1.29, 1.82) is 0 Å². The average Bonchev–Trinajstić information content (AvgIpc) is 3.07. The van der Waals surface area contributed by atoms with E-state index >= 15 is 0 Å². The molecule has 1 aromatic carbocycles. The summed E-state index contributed by atoms with van der Waals surface area (Å²) in [6, 6.07) is 11.4. The van der Waals surface area contributed by atoms with Gasteiger partial charge in [-0.25, -0.2) is 4.79 Å². The first-order valence-corrected chi connectivity index (χ1v) is 8.73. The van der Waals surface area contributed by atoms with Gasteiger partial charge in [-0.3, -0.25) is 4.79 Å². The lowest BCUT2D eigenvalue weighted by Gasteiger charge is -2.06. The molecule has 3 rings (SSSR count). The van der Waals surface area contributed by atoms with Crippen molar-refractivity contribution in [3.8, 4) is 0 Å². The van der Waals surface area contributed by atoms with Crippen molar-refractivity contribution in [2.24, 2.45) is 5.92 Å². The smallest absolute Gasteiger partial charge is 0.342 e. The van der Waals surface area contributed by atoms with Crippen molar-refractivity contribution in [2.45, 2.75) is 33.2 Å². The monoisotopic (exact) mass is 367 g/mol. The molecule has 0 aliphatic carbocycles. The van der Waals surface area contributed by atoms with Crippen LogP contribution in [0.1, 0.15) is 47.3 Å². The Labute approximate surface area is 156 Å². The van der Waals surface area contributed by atoms with Gasteiger partial charge >= 0.3 is 5.69 Å². The molecule has 0 radical (unpaired) electrons. The Morgan fingerprint density at radius 1 is 1.22 bits per heavy atom. The average molecular weight is 367 g/mol. The molecular formula is C19H21N5O3. The molecule has 140 valence electrons. The summed E-state index contributed by atoms with van der Waals surface area (Å²) in [5.74, 6) is 0.717. The van der Waals surface area contributed by atoms with Gasteiger partial charge in [0.2, 0.25) is 5.89 Å². The molecule has 8 nitrogen and oxygen atoms in total. The van der Waals surface area contributed by atoms with E-state index in [1.54, 1.807) is 6.07 Å². The second kappa shape index (κ2) is 8.39. The molecule has 0 unspecified atom stereocenters. The Morgan fingerprint density at radius 3 is 2.74 bits per heavy atom. The number of benzene rings is 1. The molecule has 2 heterocycles. The number of nitrogens with zero attached hydrogens (tertiary/aromatic N) is 3. The predicted molar refractivity (Wildman–Crippen MR) is 98.1 cm³/mol. The number of amides is 1. The molecule has 0 atom stereocenters. The lowest BCUT2D eigenvalue weighted by molar-refractivity contribution is 0.0940. The van der Waals surface area contributed by atoms with Crippen LogP contribution in [0.3, 0.4) is 0 Å². The quantitative estimate of drug-likeness (QED) is 0.659. The molecule has 27 heavy (non-hydrogen) atoms. The van der Waals surface area contributed by atoms with Gasteiger partial charge in [-0.1, -0.05) is 49.3 Å². The summed E-state index contributed by atoms with van der Waals surface area (Å²) in [5, 5.41) is 6.56. The van der Waals surface area contributed by atoms with Crippen LogP contribution in [0.15, 0.2) is 45.7 Å². The number of aromatic amines is 1. The van der Waals surface area contributed by atoms with E-state index in [0.717, 1.165) is 5.56 Å². The molecule has 0 saturated carbocycles. The molecule has 3 aromatic rings. The van der Waals surface area contributed by atoms with Crippen LogP contribution in [0.2, 0.25) is 0 Å². The van der Waals surface area contributed by atoms with Gasteiger partial charge in [0.1, 0.15) is 5.69 Å². The molecule has 0 fully saturated rings. The number of rotatable bonds is 7. The second-order valence-electron chi connectivity index (χ2n) is 6.64. The summed E-state index contributed by atoms with van der Waals surface area (Å²) < 4.78 is 5.16. The standard InChI is InChI=1S/C19H21N5O3/c1-12(2)8-14-10-15(22-19(26)21-14)18(25)20-11-17-23-16(24-27-17)9-13-6-4-3-5-7-13/h3-7,10,12H,8-9,11H2,1-2H3,(H,20,25)(H,21,22,26). The highest BCUT2D eigenvalue weighted by molar-refractivity contribution is 5.92. The van der Waals surface area contributed by atoms with E-state index in [1.165, 1.54) is 0 Å². The maximum atomic E-state index is 12.3. The zero-order chi connectivity index (χ0) is 19.2. The third-order valence-electron chi connectivity index (χ3n) is 3.78. The first kappa shape index (κ1) is 18.5. The number of nitrogens with one attached hydrogen (secondary N) is 2. The molecule has 0 aliphatic heterocycles. The van der Waals surface area contributed by atoms with Crippen molar-refractivity contribution < 1.29 is 9.32 Å². The topological polar surface area (TPSA) is 114 Å². The minimum Gasteiger partial charge on any atom is -0.342 e. The van der Waals surface area contributed by atoms with E-state index < -0.39 is 11.6 Å². The highest BCUT2D eigenvalue weighted by atomic mass is 16.5. The molecule has 8 heteroatoms. The third kappa shape index (κ3) is 5.34. The van der Waals surface area contributed by atoms with Crippen LogP contribution in [0.25, 0.3) is 0 Å². The first-order chi connectivity index (χ1) is 13.0. The first-order valence-electron chi connectivity index (χ1n) is 8.73. The maximum absolute atomic E-state index is 12.3. The molecule has 0 bridgehead atoms. The van der Waals surface area contributed by atoms with Crippen LogP contribution < -0.4 is 11.0 Å². The van der Waals surface area contributed by atoms with Gasteiger partial charge in [0.25, 0.3) is 5.91 Å². The van der Waals surface area contributed by atoms with Gasteiger partial charge in [-0.2, -0.15) is 9.97 Å². The maximum Gasteiger partial charge on any atom is 0.345 e. The second-order valence-corrected chi connectivity index (χ2v) is 6.64. The highest BCUT2D eigenvalue weighted by Crippen LogP contribution is 2.07. The van der Waals surface area contributed by atoms with Crippen molar-refractivity contribution >= 4 is 5.91 Å². The highest BCUT2D eigenvalue weighted by Gasteiger charge is 2.13. The van der Waals surface area contributed by atoms with Crippen LogP contribution >= 0.6 is 0 Å². The van der Waals surface area contributed by atoms with Crippen molar-refractivity contribution in [3.05, 3.63) is 75.5 Å². The Bertz CT molecular complexity index is 963. The zero-order valence-corrected chi connectivity index (χ0v) is 15.2. The zero-order valence-electron chi connectivity index (χ0n) is 15.2. The van der Waals surface area contributed by atoms with E-state index in [2.05, 4.69) is 25.4 Å². The SMILES string of the molecule is CC(C)Cc1cc(C(=O)NCc2nc(Cc3ccccc3)no2)nc(=O)[nH]1. The van der Waals surface area contributed by atoms with Gasteiger partial charge in [0, 0.05) is 12.1 Å². The summed E-state index contributed by atoms with van der Waals surface area (Å²) >= 11 is 0. The fraction of sp³-hybridized carbons (Fsp3) is 0.316. The van der Waals surface area contributed by atoms with Gasteiger partial charge in [-0.15, -0.1) is 0 Å². The fourth-order valence-electron chi connectivity index (χ4n) is 2.63. The summed E-state index contributed by atoms with van der Waals surface area (Å²) in [7, 11) is 0. The van der Waals surface area contributed by atoms with Crippen LogP contribution in [-0.2, 0) is 19.4 Å². The molecule has 0 aliphatic rings. The Balaban J connectivity index is 1.61. The minimum atomic E-state index is -0.541. The number of hydrogen-bond donors (Lipinski definition) is 2. The van der Waals surface area contributed by atoms with E-state index in [4.69, 9.17) is 4.52 Å². The van der Waals surface area contributed by atoms with Crippen LogP contribution in [0.5, 0.6) is 0 Å². The van der Waals surface area contributed by atoms with E-state index in [-0.39, 0.29) is 12.2 Å². The van der Waals surface area contributed by atoms with Crippen molar-refractivity contribution in [2.75, 3.05) is 0 Å². The number of H-pyrrole nitrogens is 1. The molecule has 0 spiro atoms. The number of hydrogen-bond acceptors (Lipinski definition) is 6. The van der Waals surface area contributed by atoms with Gasteiger partial charge in [0.05, 0.1) is 6.54 Å². The third-order valence-corrected chi connectivity index (χ3v) is 3.78. The van der Waals surface area contributed by atoms with E-state index in [1.807, 2.05) is 44.2 Å². The summed E-state index contributed by atoms with van der Waals surface area (Å²) in [5.41, 5.74) is 1.28. The summed E-state index contributed by atoms with van der Waals surface area (Å²) in [4.78, 5) is 34.6. The fourth-order valence-corrected chi connectivity index (χ4v) is 2.63. The summed E-state index contributed by atoms with van der Waals surface area (Å²) in [6.45, 7) is 4.12. The van der Waals surface area contributed by atoms with Gasteiger partial charge in [-0.05, 0) is 24.0 Å². The van der Waals surface area contributed by atoms with Gasteiger partial charge in [0.15, 0.2) is 5.82 Å². The molecular weight excluding hydrogens is 346 g/mol. The Morgan fingerprint density at radius 2 is 2.00 bits per heavy atom. The van der Waals surface area contributed by atoms with E-state index in [0.29, 0.717) is 36.2 Å². The van der Waals surface area contributed by atoms with Crippen LogP contribution in [0.4, 0.5) is 0 Å². The number of carbonyl (C=O) groups is 1. The van der Waals surface area contributed by atoms with Crippen LogP contribution in [-0.4, -0.2) is 26.0 Å². The summed E-state index contributed by atoms with van der Waals surface area (Å²) in [6.07, 6.45) is 1.21. The normalized spacial score (nSPS) is 10.9.